The Bertz CT molecular complexity index is 207. The largest absolute Gasteiger partial charge is 0.465 e. The molecule has 2 bridgehead atoms. The lowest BCUT2D eigenvalue weighted by Crippen LogP contribution is -2.45. The minimum Gasteiger partial charge on any atom is -0.465 e. The standard InChI is InChI=1S/C7H12N2O3/c8-3-1-6-4(9-7(10)11)2-5(3)12-6/h3-6,9H,1-2,8H2,(H,10,11)/t3-,4-,5+,6+/m0/s1. The van der Waals surface area contributed by atoms with Crippen molar-refractivity contribution in [3.63, 3.8) is 0 Å². The van der Waals surface area contributed by atoms with Crippen molar-refractivity contribution in [2.24, 2.45) is 5.73 Å². The van der Waals surface area contributed by atoms with E-state index < -0.39 is 6.09 Å². The second kappa shape index (κ2) is 2.60. The van der Waals surface area contributed by atoms with E-state index in [2.05, 4.69) is 5.32 Å². The zero-order valence-corrected chi connectivity index (χ0v) is 6.56. The molecule has 4 N–H and O–H groups in total. The van der Waals surface area contributed by atoms with E-state index in [4.69, 9.17) is 15.6 Å². The smallest absolute Gasteiger partial charge is 0.404 e. The SMILES string of the molecule is N[C@H]1C[C@H]2O[C@@H]1C[C@@H]2NC(=O)O. The summed E-state index contributed by atoms with van der Waals surface area (Å²) >= 11 is 0. The summed E-state index contributed by atoms with van der Waals surface area (Å²) in [6.45, 7) is 0. The van der Waals surface area contributed by atoms with Crippen LogP contribution in [0.15, 0.2) is 0 Å². The second-order valence-corrected chi connectivity index (χ2v) is 3.40. The van der Waals surface area contributed by atoms with E-state index in [-0.39, 0.29) is 24.3 Å². The van der Waals surface area contributed by atoms with Crippen LogP contribution in [0.4, 0.5) is 4.79 Å². The summed E-state index contributed by atoms with van der Waals surface area (Å²) < 4.78 is 5.45. The molecule has 0 aromatic heterocycles. The van der Waals surface area contributed by atoms with Crippen LogP contribution in [-0.4, -0.2) is 35.5 Å². The number of fused-ring (bicyclic) bond motifs is 2. The molecule has 2 fully saturated rings. The lowest BCUT2D eigenvalue weighted by molar-refractivity contribution is 0.0937. The van der Waals surface area contributed by atoms with E-state index in [1.165, 1.54) is 0 Å². The van der Waals surface area contributed by atoms with Crippen LogP contribution in [0.3, 0.4) is 0 Å². The molecular weight excluding hydrogens is 160 g/mol. The molecule has 12 heavy (non-hydrogen) atoms. The lowest BCUT2D eigenvalue weighted by Gasteiger charge is -2.21. The molecule has 0 aromatic carbocycles. The minimum atomic E-state index is -0.982. The van der Waals surface area contributed by atoms with Gasteiger partial charge in [0, 0.05) is 6.04 Å². The number of hydrogen-bond acceptors (Lipinski definition) is 3. The molecule has 0 spiro atoms. The number of hydrogen-bond donors (Lipinski definition) is 3. The second-order valence-electron chi connectivity index (χ2n) is 3.40. The van der Waals surface area contributed by atoms with Gasteiger partial charge in [-0.05, 0) is 12.8 Å². The maximum Gasteiger partial charge on any atom is 0.404 e. The molecule has 2 saturated heterocycles. The summed E-state index contributed by atoms with van der Waals surface area (Å²) in [4.78, 5) is 10.3. The first kappa shape index (κ1) is 7.82. The molecule has 2 heterocycles. The Morgan fingerprint density at radius 2 is 2.25 bits per heavy atom. The number of carbonyl (C=O) groups is 1. The molecule has 4 atom stereocenters. The number of rotatable bonds is 1. The van der Waals surface area contributed by atoms with Gasteiger partial charge in [0.25, 0.3) is 0 Å². The van der Waals surface area contributed by atoms with Gasteiger partial charge in [0.1, 0.15) is 0 Å². The fourth-order valence-electron chi connectivity index (χ4n) is 2.00. The monoisotopic (exact) mass is 172 g/mol. The topological polar surface area (TPSA) is 84.6 Å². The van der Waals surface area contributed by atoms with Crippen LogP contribution in [-0.2, 0) is 4.74 Å². The predicted octanol–water partition coefficient (Wildman–Crippen LogP) is -0.489. The van der Waals surface area contributed by atoms with Gasteiger partial charge in [-0.15, -0.1) is 0 Å². The third-order valence-electron chi connectivity index (χ3n) is 2.58. The third kappa shape index (κ3) is 1.15. The number of nitrogens with two attached hydrogens (primary N) is 1. The highest BCUT2D eigenvalue weighted by molar-refractivity contribution is 5.65. The van der Waals surface area contributed by atoms with Crippen LogP contribution in [0.5, 0.6) is 0 Å². The summed E-state index contributed by atoms with van der Waals surface area (Å²) in [5, 5.41) is 10.9. The Hall–Kier alpha value is -0.810. The Morgan fingerprint density at radius 1 is 1.50 bits per heavy atom. The van der Waals surface area contributed by atoms with Crippen LogP contribution in [0.1, 0.15) is 12.8 Å². The van der Waals surface area contributed by atoms with Crippen molar-refractivity contribution in [2.75, 3.05) is 0 Å². The number of carboxylic acid groups (broad SMARTS) is 1. The average molecular weight is 172 g/mol. The van der Waals surface area contributed by atoms with Gasteiger partial charge >= 0.3 is 6.09 Å². The zero-order valence-electron chi connectivity index (χ0n) is 6.56. The van der Waals surface area contributed by atoms with Gasteiger partial charge in [-0.3, -0.25) is 0 Å². The molecule has 0 unspecified atom stereocenters. The predicted molar refractivity (Wildman–Crippen MR) is 40.8 cm³/mol. The third-order valence-corrected chi connectivity index (χ3v) is 2.58. The summed E-state index contributed by atoms with van der Waals surface area (Å²) in [6, 6.07) is 0.0501. The molecule has 5 nitrogen and oxygen atoms in total. The Balaban J connectivity index is 1.94. The van der Waals surface area contributed by atoms with Crippen LogP contribution in [0, 0.1) is 0 Å². The summed E-state index contributed by atoms with van der Waals surface area (Å²) in [6.07, 6.45) is 0.575. The molecule has 5 heteroatoms. The first-order valence-electron chi connectivity index (χ1n) is 4.07. The molecule has 0 radical (unpaired) electrons. The average Bonchev–Trinajstić information content (AvgIpc) is 2.44. The number of amides is 1. The van der Waals surface area contributed by atoms with E-state index in [1.807, 2.05) is 0 Å². The van der Waals surface area contributed by atoms with Gasteiger partial charge < -0.3 is 20.9 Å². The maximum atomic E-state index is 10.3. The number of nitrogens with one attached hydrogen (secondary N) is 1. The first-order valence-corrected chi connectivity index (χ1v) is 4.07. The molecule has 68 valence electrons. The van der Waals surface area contributed by atoms with E-state index in [1.54, 1.807) is 0 Å². The van der Waals surface area contributed by atoms with Crippen LogP contribution in [0.2, 0.25) is 0 Å². The Labute approximate surface area is 69.9 Å². The summed E-state index contributed by atoms with van der Waals surface area (Å²) in [7, 11) is 0. The van der Waals surface area contributed by atoms with Crippen LogP contribution < -0.4 is 11.1 Å². The van der Waals surface area contributed by atoms with Crippen molar-refractivity contribution in [1.82, 2.24) is 5.32 Å². The lowest BCUT2D eigenvalue weighted by atomic mass is 9.92. The zero-order chi connectivity index (χ0) is 8.72. The minimum absolute atomic E-state index is 0.00102. The van der Waals surface area contributed by atoms with Gasteiger partial charge in [0.05, 0.1) is 18.2 Å². The normalized spacial score (nSPS) is 44.8. The van der Waals surface area contributed by atoms with Gasteiger partial charge in [-0.2, -0.15) is 0 Å². The van der Waals surface area contributed by atoms with E-state index in [0.717, 1.165) is 12.8 Å². The highest BCUT2D eigenvalue weighted by Crippen LogP contribution is 2.33. The summed E-state index contributed by atoms with van der Waals surface area (Å²) in [5.41, 5.74) is 5.71. The highest BCUT2D eigenvalue weighted by Gasteiger charge is 2.46. The van der Waals surface area contributed by atoms with E-state index >= 15 is 0 Å². The van der Waals surface area contributed by atoms with Crippen molar-refractivity contribution in [3.05, 3.63) is 0 Å². The van der Waals surface area contributed by atoms with E-state index in [0.29, 0.717) is 0 Å². The van der Waals surface area contributed by atoms with Gasteiger partial charge in [0.2, 0.25) is 0 Å². The Morgan fingerprint density at radius 3 is 2.67 bits per heavy atom. The maximum absolute atomic E-state index is 10.3. The van der Waals surface area contributed by atoms with Gasteiger partial charge in [0.15, 0.2) is 0 Å². The fraction of sp³-hybridized carbons (Fsp3) is 0.857. The molecule has 0 aromatic rings. The van der Waals surface area contributed by atoms with E-state index in [9.17, 15) is 4.79 Å². The van der Waals surface area contributed by atoms with Crippen molar-refractivity contribution in [1.29, 1.82) is 0 Å². The molecule has 2 rings (SSSR count). The molecule has 2 aliphatic rings. The van der Waals surface area contributed by atoms with Crippen molar-refractivity contribution in [3.8, 4) is 0 Å². The molecular formula is C7H12N2O3. The van der Waals surface area contributed by atoms with Crippen molar-refractivity contribution in [2.45, 2.75) is 37.1 Å². The van der Waals surface area contributed by atoms with Gasteiger partial charge in [-0.1, -0.05) is 0 Å². The van der Waals surface area contributed by atoms with Gasteiger partial charge in [-0.25, -0.2) is 4.79 Å². The van der Waals surface area contributed by atoms with Crippen LogP contribution >= 0.6 is 0 Å². The number of ether oxygens (including phenoxy) is 1. The van der Waals surface area contributed by atoms with Crippen LogP contribution in [0.25, 0.3) is 0 Å². The highest BCUT2D eigenvalue weighted by atomic mass is 16.5. The molecule has 0 aliphatic carbocycles. The molecule has 2 aliphatic heterocycles. The summed E-state index contributed by atoms with van der Waals surface area (Å²) in [5.74, 6) is 0. The van der Waals surface area contributed by atoms with Crippen molar-refractivity contribution < 1.29 is 14.6 Å². The molecule has 0 saturated carbocycles. The molecule has 1 amide bonds. The fourth-order valence-corrected chi connectivity index (χ4v) is 2.00. The quantitative estimate of drug-likeness (QED) is 0.498. The first-order chi connectivity index (χ1) is 5.66. The van der Waals surface area contributed by atoms with Crippen molar-refractivity contribution >= 4 is 6.09 Å². The Kier molecular flexibility index (Phi) is 1.69.